The molecule has 6 rings (SSSR count). The van der Waals surface area contributed by atoms with Gasteiger partial charge in [-0.05, 0) is 28.7 Å². The monoisotopic (exact) mass is 1010 g/mol. The molecule has 2 heterocycles. The molecule has 0 aromatic heterocycles. The summed E-state index contributed by atoms with van der Waals surface area (Å²) in [4.78, 5) is 79.1. The number of ether oxygens (including phenoxy) is 12. The number of carbonyl (C=O) groups excluding carboxylic acids is 6. The van der Waals surface area contributed by atoms with E-state index in [1.54, 1.807) is 0 Å². The Morgan fingerprint density at radius 3 is 1.55 bits per heavy atom. The quantitative estimate of drug-likeness (QED) is 0.0555. The van der Waals surface area contributed by atoms with Crippen LogP contribution in [0.25, 0.3) is 0 Å². The number of carbonyl (C=O) groups is 6. The van der Waals surface area contributed by atoms with E-state index < -0.39 is 115 Å². The molecule has 2 aliphatic heterocycles. The molecule has 0 spiro atoms. The second kappa shape index (κ2) is 27.5. The van der Waals surface area contributed by atoms with Crippen LogP contribution in [0.5, 0.6) is 0 Å². The zero-order valence-electron chi connectivity index (χ0n) is 41.8. The minimum absolute atomic E-state index is 0.0329. The summed E-state index contributed by atoms with van der Waals surface area (Å²) in [7, 11) is 1.14. The number of benzene rings is 4. The number of hydrogen-bond donors (Lipinski definition) is 0. The molecule has 0 amide bonds. The average Bonchev–Trinajstić information content (AvgIpc) is 3.37. The molecular weight excluding hydrogens is 949 g/mol. The Labute approximate surface area is 424 Å². The molecule has 0 unspecified atom stereocenters. The molecule has 2 fully saturated rings. The lowest BCUT2D eigenvalue weighted by molar-refractivity contribution is -0.323. The Kier molecular flexibility index (Phi) is 21.0. The van der Waals surface area contributed by atoms with Gasteiger partial charge in [0.15, 0.2) is 30.2 Å². The maximum absolute atomic E-state index is 15.0. The SMILES string of the molecule is COC(=O)[C@@]1(C[C@H]2[C@@H](OCc3ccccc3)[C@@H](COCc3ccccc3)O[C@@H](OCc3ccccc3)[C@@H]2OCc2ccccc2)C[C@H](OC(C)=O)[C@H](OC(C)=O)[C@H]([C@H](OC(C)=O)[C@@H](COC(C)=O)OC(C)=O)O1. The highest BCUT2D eigenvalue weighted by molar-refractivity contribution is 5.80. The fourth-order valence-corrected chi connectivity index (χ4v) is 9.08. The highest BCUT2D eigenvalue weighted by Crippen LogP contribution is 2.45. The van der Waals surface area contributed by atoms with Crippen LogP contribution in [0.1, 0.15) is 69.7 Å². The van der Waals surface area contributed by atoms with E-state index in [-0.39, 0.29) is 39.5 Å². The summed E-state index contributed by atoms with van der Waals surface area (Å²) in [6, 6.07) is 37.7. The van der Waals surface area contributed by atoms with Gasteiger partial charge in [0.2, 0.25) is 0 Å². The van der Waals surface area contributed by atoms with Gasteiger partial charge in [-0.15, -0.1) is 0 Å². The predicted molar refractivity (Wildman–Crippen MR) is 257 cm³/mol. The van der Waals surface area contributed by atoms with Crippen molar-refractivity contribution in [3.63, 3.8) is 0 Å². The number of hydrogen-bond acceptors (Lipinski definition) is 18. The summed E-state index contributed by atoms with van der Waals surface area (Å²) in [5.41, 5.74) is 1.08. The summed E-state index contributed by atoms with van der Waals surface area (Å²) in [5, 5.41) is 0. The molecular formula is C55H64O18. The topological polar surface area (TPSA) is 213 Å². The predicted octanol–water partition coefficient (Wildman–Crippen LogP) is 6.31. The van der Waals surface area contributed by atoms with Crippen LogP contribution < -0.4 is 0 Å². The Morgan fingerprint density at radius 2 is 1.07 bits per heavy atom. The Morgan fingerprint density at radius 1 is 0.575 bits per heavy atom. The normalized spacial score (nSPS) is 24.5. The molecule has 0 aliphatic carbocycles. The first-order valence-corrected chi connectivity index (χ1v) is 24.0. The van der Waals surface area contributed by atoms with Crippen LogP contribution in [0.2, 0.25) is 0 Å². The first kappa shape index (κ1) is 55.8. The van der Waals surface area contributed by atoms with Crippen LogP contribution >= 0.6 is 0 Å². The number of rotatable bonds is 24. The molecule has 18 heteroatoms. The first-order valence-electron chi connectivity index (χ1n) is 24.0. The fraction of sp³-hybridized carbons (Fsp3) is 0.455. The van der Waals surface area contributed by atoms with Crippen LogP contribution in [0.4, 0.5) is 0 Å². The zero-order valence-corrected chi connectivity index (χ0v) is 41.8. The highest BCUT2D eigenvalue weighted by Gasteiger charge is 2.62. The third-order valence-corrected chi connectivity index (χ3v) is 12.1. The summed E-state index contributed by atoms with van der Waals surface area (Å²) in [6.45, 7) is 5.08. The summed E-state index contributed by atoms with van der Waals surface area (Å²) >= 11 is 0. The van der Waals surface area contributed by atoms with Crippen molar-refractivity contribution in [2.45, 2.75) is 135 Å². The van der Waals surface area contributed by atoms with Gasteiger partial charge in [-0.25, -0.2) is 4.79 Å². The van der Waals surface area contributed by atoms with Crippen LogP contribution in [0.15, 0.2) is 121 Å². The van der Waals surface area contributed by atoms with E-state index in [1.807, 2.05) is 121 Å². The van der Waals surface area contributed by atoms with Crippen molar-refractivity contribution in [3.05, 3.63) is 144 Å². The third kappa shape index (κ3) is 16.5. The molecule has 11 atom stereocenters. The van der Waals surface area contributed by atoms with Gasteiger partial charge in [-0.1, -0.05) is 121 Å². The number of esters is 6. The molecule has 2 aliphatic rings. The van der Waals surface area contributed by atoms with Crippen molar-refractivity contribution in [2.75, 3.05) is 20.3 Å². The molecule has 4 aromatic carbocycles. The molecule has 18 nitrogen and oxygen atoms in total. The molecule has 0 radical (unpaired) electrons. The van der Waals surface area contributed by atoms with Crippen molar-refractivity contribution in [1.29, 1.82) is 0 Å². The third-order valence-electron chi connectivity index (χ3n) is 12.1. The first-order chi connectivity index (χ1) is 35.1. The van der Waals surface area contributed by atoms with Crippen LogP contribution in [-0.4, -0.2) is 117 Å². The van der Waals surface area contributed by atoms with E-state index >= 15 is 4.79 Å². The van der Waals surface area contributed by atoms with Crippen molar-refractivity contribution in [1.82, 2.24) is 0 Å². The molecule has 73 heavy (non-hydrogen) atoms. The van der Waals surface area contributed by atoms with Gasteiger partial charge in [0.25, 0.3) is 0 Å². The van der Waals surface area contributed by atoms with Crippen LogP contribution in [0.3, 0.4) is 0 Å². The van der Waals surface area contributed by atoms with Crippen molar-refractivity contribution >= 4 is 35.8 Å². The minimum atomic E-state index is -2.24. The largest absolute Gasteiger partial charge is 0.467 e. The second-order valence-corrected chi connectivity index (χ2v) is 17.7. The minimum Gasteiger partial charge on any atom is -0.467 e. The number of methoxy groups -OCH3 is 1. The lowest BCUT2D eigenvalue weighted by Gasteiger charge is -2.52. The summed E-state index contributed by atoms with van der Waals surface area (Å²) in [5.74, 6) is -6.29. The highest BCUT2D eigenvalue weighted by atomic mass is 16.7. The second-order valence-electron chi connectivity index (χ2n) is 17.7. The zero-order chi connectivity index (χ0) is 52.3. The van der Waals surface area contributed by atoms with Gasteiger partial charge < -0.3 is 56.8 Å². The lowest BCUT2D eigenvalue weighted by atomic mass is 9.74. The van der Waals surface area contributed by atoms with E-state index in [1.165, 1.54) is 0 Å². The van der Waals surface area contributed by atoms with Gasteiger partial charge in [0.05, 0.1) is 46.2 Å². The molecule has 4 aromatic rings. The van der Waals surface area contributed by atoms with Gasteiger partial charge in [-0.2, -0.15) is 0 Å². The van der Waals surface area contributed by atoms with Crippen LogP contribution in [0, 0.1) is 5.92 Å². The Hall–Kier alpha value is -6.54. The van der Waals surface area contributed by atoms with E-state index in [0.29, 0.717) is 0 Å². The van der Waals surface area contributed by atoms with Gasteiger partial charge in [0, 0.05) is 47.0 Å². The molecule has 2 saturated heterocycles. The van der Waals surface area contributed by atoms with Crippen molar-refractivity contribution in [3.8, 4) is 0 Å². The van der Waals surface area contributed by atoms with E-state index in [0.717, 1.165) is 64.0 Å². The standard InChI is InChI=1S/C55H64O18/c1-35(56)64-34-47(69-37(3)58)51(71-39(5)60)52-50(70-38(4)59)45(68-36(2)57)28-55(73-52,54(61)62-6)27-44-48(65-30-41-21-13-8-14-22-41)46(33-63-29-40-19-11-7-12-20-40)72-53(67-32-43-25-17-10-18-26-43)49(44)66-31-42-23-15-9-16-24-42/h7-26,44-53H,27-34H2,1-6H3/t44-,45-,46+,47+,48+,49+,50-,51+,52+,53+,55+/m0/s1. The Balaban J connectivity index is 1.55. The van der Waals surface area contributed by atoms with E-state index in [9.17, 15) is 24.0 Å². The summed E-state index contributed by atoms with van der Waals surface area (Å²) < 4.78 is 74.8. The van der Waals surface area contributed by atoms with Gasteiger partial charge in [0.1, 0.15) is 31.0 Å². The Bertz CT molecular complexity index is 2390. The van der Waals surface area contributed by atoms with Gasteiger partial charge >= 0.3 is 35.8 Å². The van der Waals surface area contributed by atoms with Crippen molar-refractivity contribution < 1.29 is 85.6 Å². The van der Waals surface area contributed by atoms with Crippen LogP contribution in [-0.2, 0) is 112 Å². The van der Waals surface area contributed by atoms with Gasteiger partial charge in [-0.3, -0.25) is 24.0 Å². The summed E-state index contributed by atoms with van der Waals surface area (Å²) in [6.07, 6.45) is -13.5. The molecule has 0 saturated carbocycles. The molecule has 392 valence electrons. The maximum Gasteiger partial charge on any atom is 0.338 e. The van der Waals surface area contributed by atoms with Crippen molar-refractivity contribution in [2.24, 2.45) is 5.92 Å². The molecule has 0 bridgehead atoms. The molecule has 0 N–H and O–H groups in total. The average molecular weight is 1010 g/mol. The van der Waals surface area contributed by atoms with E-state index in [2.05, 4.69) is 0 Å². The lowest BCUT2D eigenvalue weighted by Crippen LogP contribution is -2.67. The smallest absolute Gasteiger partial charge is 0.338 e. The van der Waals surface area contributed by atoms with E-state index in [4.69, 9.17) is 56.8 Å². The maximum atomic E-state index is 15.0. The fourth-order valence-electron chi connectivity index (χ4n) is 9.08.